The fourth-order valence-electron chi connectivity index (χ4n) is 1.98. The predicted molar refractivity (Wildman–Crippen MR) is 91.5 cm³/mol. The molecule has 1 aromatic carbocycles. The molecule has 8 heteroatoms. The molecule has 126 valence electrons. The number of benzene rings is 1. The van der Waals surface area contributed by atoms with Crippen LogP contribution in [0.3, 0.4) is 0 Å². The van der Waals surface area contributed by atoms with Crippen LogP contribution in [0.5, 0.6) is 0 Å². The third kappa shape index (κ3) is 3.32. The molecule has 1 heterocycles. The number of anilines is 2. The maximum atomic E-state index is 13.3. The van der Waals surface area contributed by atoms with Crippen molar-refractivity contribution in [3.05, 3.63) is 63.9 Å². The summed E-state index contributed by atoms with van der Waals surface area (Å²) < 4.78 is 19.4. The van der Waals surface area contributed by atoms with Crippen LogP contribution in [-0.4, -0.2) is 21.8 Å². The maximum Gasteiger partial charge on any atom is 0.265 e. The Bertz CT molecular complexity index is 864. The highest BCUT2D eigenvalue weighted by Gasteiger charge is 2.17. The molecular weight excluding hydrogens is 337 g/mol. The molecular formula is C16H15ClFN3O3. The molecule has 6 nitrogen and oxygen atoms in total. The molecule has 0 bridgehead atoms. The zero-order valence-electron chi connectivity index (χ0n) is 12.8. The third-order valence-electron chi connectivity index (χ3n) is 3.23. The van der Waals surface area contributed by atoms with Crippen LogP contribution in [0.4, 0.5) is 15.9 Å². The first-order valence-corrected chi connectivity index (χ1v) is 7.14. The van der Waals surface area contributed by atoms with Gasteiger partial charge < -0.3 is 15.2 Å². The molecule has 0 aliphatic heterocycles. The van der Waals surface area contributed by atoms with E-state index in [0.29, 0.717) is 5.69 Å². The average Bonchev–Trinajstić information content (AvgIpc) is 2.57. The highest BCUT2D eigenvalue weighted by molar-refractivity contribution is 6.31. The van der Waals surface area contributed by atoms with Crippen LogP contribution in [0.25, 0.3) is 12.0 Å². The lowest BCUT2D eigenvalue weighted by atomic mass is 10.2. The van der Waals surface area contributed by atoms with Gasteiger partial charge in [-0.05, 0) is 18.2 Å². The number of nitrogens with zero attached hydrogens (tertiary/aromatic N) is 2. The topological polar surface area (TPSA) is 76.4 Å². The summed E-state index contributed by atoms with van der Waals surface area (Å²) in [6.45, 7) is 6.66. The summed E-state index contributed by atoms with van der Waals surface area (Å²) in [4.78, 5) is 16.7. The van der Waals surface area contributed by atoms with E-state index in [1.54, 1.807) is 0 Å². The van der Waals surface area contributed by atoms with E-state index >= 15 is 0 Å². The minimum atomic E-state index is -0.576. The molecule has 0 saturated carbocycles. The molecule has 0 unspecified atom stereocenters. The summed E-state index contributed by atoms with van der Waals surface area (Å²) >= 11 is 5.74. The van der Waals surface area contributed by atoms with Crippen molar-refractivity contribution < 1.29 is 14.2 Å². The molecule has 0 aliphatic rings. The van der Waals surface area contributed by atoms with Crippen molar-refractivity contribution in [1.82, 2.24) is 9.55 Å². The second-order valence-corrected chi connectivity index (χ2v) is 5.07. The van der Waals surface area contributed by atoms with E-state index in [-0.39, 0.29) is 28.0 Å². The second-order valence-electron chi connectivity index (χ2n) is 4.66. The Hall–Kier alpha value is -2.64. The zero-order chi connectivity index (χ0) is 17.9. The minimum absolute atomic E-state index is 0.00278. The van der Waals surface area contributed by atoms with E-state index in [1.807, 2.05) is 0 Å². The quantitative estimate of drug-likeness (QED) is 0.782. The summed E-state index contributed by atoms with van der Waals surface area (Å²) in [5.74, 6) is -0.244. The molecule has 0 amide bonds. The molecule has 2 rings (SSSR count). The first-order valence-electron chi connectivity index (χ1n) is 6.77. The fourth-order valence-corrected chi connectivity index (χ4v) is 2.16. The summed E-state index contributed by atoms with van der Waals surface area (Å²) in [6.07, 6.45) is 1.24. The number of ether oxygens (including phenoxy) is 1. The number of aliphatic hydroxyl groups is 1. The standard InChI is InChI=1S/C16H15ClFN3O3/c1-4-21-15(9(2)24-3)20-14(11(8-22)16(21)23)19-10-5-6-13(18)12(17)7-10/h4-7,19,22H,1-2,8H2,3H3. The first kappa shape index (κ1) is 17.7. The van der Waals surface area contributed by atoms with E-state index in [2.05, 4.69) is 23.5 Å². The normalized spacial score (nSPS) is 10.3. The Morgan fingerprint density at radius 1 is 1.58 bits per heavy atom. The molecule has 24 heavy (non-hydrogen) atoms. The van der Waals surface area contributed by atoms with Gasteiger partial charge in [0.15, 0.2) is 11.6 Å². The van der Waals surface area contributed by atoms with Gasteiger partial charge in [-0.15, -0.1) is 0 Å². The van der Waals surface area contributed by atoms with Crippen LogP contribution in [0.2, 0.25) is 5.02 Å². The van der Waals surface area contributed by atoms with Crippen molar-refractivity contribution in [2.24, 2.45) is 0 Å². The van der Waals surface area contributed by atoms with Gasteiger partial charge in [-0.2, -0.15) is 0 Å². The maximum absolute atomic E-state index is 13.3. The van der Waals surface area contributed by atoms with E-state index in [9.17, 15) is 14.3 Å². The highest BCUT2D eigenvalue weighted by atomic mass is 35.5. The zero-order valence-corrected chi connectivity index (χ0v) is 13.6. The van der Waals surface area contributed by atoms with Crippen LogP contribution in [-0.2, 0) is 11.3 Å². The SMILES string of the molecule is C=Cn1c(C(=C)OC)nc(Nc2ccc(F)c(Cl)c2)c(CO)c1=O. The van der Waals surface area contributed by atoms with Gasteiger partial charge in [0.25, 0.3) is 5.56 Å². The Kier molecular flexibility index (Phi) is 5.38. The lowest BCUT2D eigenvalue weighted by Gasteiger charge is -2.15. The number of methoxy groups -OCH3 is 1. The third-order valence-corrected chi connectivity index (χ3v) is 3.52. The highest BCUT2D eigenvalue weighted by Crippen LogP contribution is 2.24. The van der Waals surface area contributed by atoms with E-state index in [1.165, 1.54) is 31.5 Å². The van der Waals surface area contributed by atoms with Crippen molar-refractivity contribution >= 4 is 35.1 Å². The van der Waals surface area contributed by atoms with Gasteiger partial charge in [-0.1, -0.05) is 24.8 Å². The Labute approximate surface area is 142 Å². The summed E-state index contributed by atoms with van der Waals surface area (Å²) in [5.41, 5.74) is -0.136. The molecule has 0 saturated heterocycles. The van der Waals surface area contributed by atoms with Crippen molar-refractivity contribution in [1.29, 1.82) is 0 Å². The van der Waals surface area contributed by atoms with Gasteiger partial charge in [0.1, 0.15) is 11.6 Å². The number of halogens is 2. The number of aromatic nitrogens is 2. The smallest absolute Gasteiger partial charge is 0.265 e. The molecule has 0 fully saturated rings. The molecule has 1 aromatic heterocycles. The Morgan fingerprint density at radius 2 is 2.29 bits per heavy atom. The van der Waals surface area contributed by atoms with Gasteiger partial charge in [-0.25, -0.2) is 9.37 Å². The Morgan fingerprint density at radius 3 is 2.83 bits per heavy atom. The number of aliphatic hydroxyl groups excluding tert-OH is 1. The number of rotatable bonds is 6. The molecule has 0 spiro atoms. The van der Waals surface area contributed by atoms with Crippen molar-refractivity contribution in [3.63, 3.8) is 0 Å². The molecule has 0 aliphatic carbocycles. The minimum Gasteiger partial charge on any atom is -0.493 e. The van der Waals surface area contributed by atoms with Crippen LogP contribution in [0, 0.1) is 5.82 Å². The Balaban J connectivity index is 2.61. The largest absolute Gasteiger partial charge is 0.493 e. The van der Waals surface area contributed by atoms with Crippen LogP contribution < -0.4 is 10.9 Å². The van der Waals surface area contributed by atoms with Crippen molar-refractivity contribution in [3.8, 4) is 0 Å². The second kappa shape index (κ2) is 7.29. The van der Waals surface area contributed by atoms with E-state index in [0.717, 1.165) is 4.57 Å². The monoisotopic (exact) mass is 351 g/mol. The van der Waals surface area contributed by atoms with Crippen LogP contribution >= 0.6 is 11.6 Å². The fraction of sp³-hybridized carbons (Fsp3) is 0.125. The van der Waals surface area contributed by atoms with Gasteiger partial charge in [0.2, 0.25) is 0 Å². The number of hydrogen-bond acceptors (Lipinski definition) is 5. The number of hydrogen-bond donors (Lipinski definition) is 2. The molecule has 0 radical (unpaired) electrons. The predicted octanol–water partition coefficient (Wildman–Crippen LogP) is 2.99. The van der Waals surface area contributed by atoms with Gasteiger partial charge >= 0.3 is 0 Å². The van der Waals surface area contributed by atoms with Gasteiger partial charge in [0, 0.05) is 11.9 Å². The van der Waals surface area contributed by atoms with Crippen molar-refractivity contribution in [2.75, 3.05) is 12.4 Å². The summed E-state index contributed by atoms with van der Waals surface area (Å²) in [5, 5.41) is 12.3. The van der Waals surface area contributed by atoms with Crippen molar-refractivity contribution in [2.45, 2.75) is 6.61 Å². The average molecular weight is 352 g/mol. The summed E-state index contributed by atoms with van der Waals surface area (Å²) in [6, 6.07) is 3.93. The lowest BCUT2D eigenvalue weighted by molar-refractivity contribution is 0.279. The van der Waals surface area contributed by atoms with Gasteiger partial charge in [0.05, 0.1) is 24.3 Å². The molecule has 0 atom stereocenters. The van der Waals surface area contributed by atoms with Gasteiger partial charge in [-0.3, -0.25) is 9.36 Å². The van der Waals surface area contributed by atoms with Crippen LogP contribution in [0.1, 0.15) is 11.4 Å². The number of nitrogens with one attached hydrogen (secondary N) is 1. The molecule has 2 N–H and O–H groups in total. The summed E-state index contributed by atoms with van der Waals surface area (Å²) in [7, 11) is 1.38. The lowest BCUT2D eigenvalue weighted by Crippen LogP contribution is -2.26. The van der Waals surface area contributed by atoms with Crippen LogP contribution in [0.15, 0.2) is 36.2 Å². The molecule has 2 aromatic rings. The first-order chi connectivity index (χ1) is 11.4. The van der Waals surface area contributed by atoms with E-state index < -0.39 is 18.0 Å². The van der Waals surface area contributed by atoms with E-state index in [4.69, 9.17) is 16.3 Å².